The van der Waals surface area contributed by atoms with Gasteiger partial charge in [-0.15, -0.1) is 0 Å². The molecule has 1 aliphatic heterocycles. The SMILES string of the molecule is CCN(Cc1cccc(F)c1)C(=O)C1(CC)CCCNC1. The van der Waals surface area contributed by atoms with Crippen molar-refractivity contribution in [1.82, 2.24) is 10.2 Å². The molecule has 0 spiro atoms. The van der Waals surface area contributed by atoms with Crippen LogP contribution in [-0.4, -0.2) is 30.4 Å². The third-order valence-electron chi connectivity index (χ3n) is 4.53. The van der Waals surface area contributed by atoms with E-state index in [9.17, 15) is 9.18 Å². The van der Waals surface area contributed by atoms with E-state index in [1.54, 1.807) is 6.07 Å². The maximum Gasteiger partial charge on any atom is 0.230 e. The number of carbonyl (C=O) groups is 1. The Morgan fingerprint density at radius 1 is 1.43 bits per heavy atom. The van der Waals surface area contributed by atoms with E-state index in [0.717, 1.165) is 37.9 Å². The minimum absolute atomic E-state index is 0.198. The number of nitrogens with zero attached hydrogens (tertiary/aromatic N) is 1. The van der Waals surface area contributed by atoms with Gasteiger partial charge in [-0.25, -0.2) is 4.39 Å². The van der Waals surface area contributed by atoms with E-state index in [4.69, 9.17) is 0 Å². The fourth-order valence-electron chi connectivity index (χ4n) is 3.12. The Bertz CT molecular complexity index is 483. The topological polar surface area (TPSA) is 32.3 Å². The molecule has 1 unspecified atom stereocenters. The predicted octanol–water partition coefficient (Wildman–Crippen LogP) is 2.95. The van der Waals surface area contributed by atoms with E-state index >= 15 is 0 Å². The lowest BCUT2D eigenvalue weighted by molar-refractivity contribution is -0.144. The average Bonchev–Trinajstić information content (AvgIpc) is 2.52. The maximum atomic E-state index is 13.3. The molecule has 1 fully saturated rings. The summed E-state index contributed by atoms with van der Waals surface area (Å²) in [5, 5.41) is 3.35. The van der Waals surface area contributed by atoms with Crippen molar-refractivity contribution in [2.45, 2.75) is 39.7 Å². The highest BCUT2D eigenvalue weighted by molar-refractivity contribution is 5.83. The van der Waals surface area contributed by atoms with Gasteiger partial charge < -0.3 is 10.2 Å². The van der Waals surface area contributed by atoms with Crippen LogP contribution in [0.4, 0.5) is 4.39 Å². The van der Waals surface area contributed by atoms with Gasteiger partial charge in [0.2, 0.25) is 5.91 Å². The summed E-state index contributed by atoms with van der Waals surface area (Å²) in [7, 11) is 0. The van der Waals surface area contributed by atoms with Crippen LogP contribution in [0, 0.1) is 11.2 Å². The summed E-state index contributed by atoms with van der Waals surface area (Å²) in [6, 6.07) is 6.51. The van der Waals surface area contributed by atoms with Crippen molar-refractivity contribution >= 4 is 5.91 Å². The van der Waals surface area contributed by atoms with Crippen LogP contribution in [-0.2, 0) is 11.3 Å². The van der Waals surface area contributed by atoms with Gasteiger partial charge in [0, 0.05) is 19.6 Å². The first kappa shape index (κ1) is 16.0. The van der Waals surface area contributed by atoms with Crippen LogP contribution < -0.4 is 5.32 Å². The highest BCUT2D eigenvalue weighted by Crippen LogP contribution is 2.32. The minimum atomic E-state index is -0.290. The molecule has 1 heterocycles. The molecule has 0 radical (unpaired) electrons. The Labute approximate surface area is 126 Å². The van der Waals surface area contributed by atoms with Gasteiger partial charge in [-0.05, 0) is 50.4 Å². The highest BCUT2D eigenvalue weighted by Gasteiger charge is 2.40. The van der Waals surface area contributed by atoms with Crippen LogP contribution in [0.1, 0.15) is 38.7 Å². The Balaban J connectivity index is 2.14. The molecule has 1 aliphatic rings. The van der Waals surface area contributed by atoms with E-state index < -0.39 is 0 Å². The molecular formula is C17H25FN2O. The van der Waals surface area contributed by atoms with E-state index in [1.807, 2.05) is 17.9 Å². The molecule has 1 aromatic carbocycles. The summed E-state index contributed by atoms with van der Waals surface area (Å²) in [6.45, 7) is 6.94. The van der Waals surface area contributed by atoms with Crippen molar-refractivity contribution in [3.05, 3.63) is 35.6 Å². The van der Waals surface area contributed by atoms with Gasteiger partial charge in [-0.1, -0.05) is 19.1 Å². The third-order valence-corrected chi connectivity index (χ3v) is 4.53. The van der Waals surface area contributed by atoms with Crippen molar-refractivity contribution in [2.75, 3.05) is 19.6 Å². The first-order valence-electron chi connectivity index (χ1n) is 7.86. The van der Waals surface area contributed by atoms with Crippen molar-refractivity contribution in [1.29, 1.82) is 0 Å². The van der Waals surface area contributed by atoms with Gasteiger partial charge in [0.1, 0.15) is 5.82 Å². The lowest BCUT2D eigenvalue weighted by Crippen LogP contribution is -2.51. The molecule has 3 nitrogen and oxygen atoms in total. The summed E-state index contributed by atoms with van der Waals surface area (Å²) in [5.74, 6) is -0.0514. The van der Waals surface area contributed by atoms with Crippen molar-refractivity contribution in [3.63, 3.8) is 0 Å². The Morgan fingerprint density at radius 3 is 2.81 bits per heavy atom. The maximum absolute atomic E-state index is 13.3. The number of hydrogen-bond donors (Lipinski definition) is 1. The van der Waals surface area contributed by atoms with Crippen molar-refractivity contribution in [2.24, 2.45) is 5.41 Å². The first-order chi connectivity index (χ1) is 10.1. The van der Waals surface area contributed by atoms with E-state index in [0.29, 0.717) is 13.1 Å². The molecule has 0 saturated carbocycles. The zero-order valence-electron chi connectivity index (χ0n) is 13.0. The first-order valence-corrected chi connectivity index (χ1v) is 7.86. The van der Waals surface area contributed by atoms with Crippen molar-refractivity contribution in [3.8, 4) is 0 Å². The average molecular weight is 292 g/mol. The van der Waals surface area contributed by atoms with E-state index in [-0.39, 0.29) is 17.1 Å². The van der Waals surface area contributed by atoms with Crippen LogP contribution in [0.25, 0.3) is 0 Å². The summed E-state index contributed by atoms with van der Waals surface area (Å²) < 4.78 is 13.3. The molecule has 1 amide bonds. The number of nitrogens with one attached hydrogen (secondary N) is 1. The van der Waals surface area contributed by atoms with Gasteiger partial charge in [0.15, 0.2) is 0 Å². The van der Waals surface area contributed by atoms with Gasteiger partial charge >= 0.3 is 0 Å². The van der Waals surface area contributed by atoms with Gasteiger partial charge in [0.25, 0.3) is 0 Å². The second-order valence-corrected chi connectivity index (χ2v) is 5.86. The van der Waals surface area contributed by atoms with E-state index in [1.165, 1.54) is 12.1 Å². The lowest BCUT2D eigenvalue weighted by atomic mass is 9.77. The molecule has 0 bridgehead atoms. The third kappa shape index (κ3) is 3.62. The fourth-order valence-corrected chi connectivity index (χ4v) is 3.12. The standard InChI is InChI=1S/C17H25FN2O/c1-3-17(9-6-10-19-13-17)16(21)20(4-2)12-14-7-5-8-15(18)11-14/h5,7-8,11,19H,3-4,6,9-10,12-13H2,1-2H3. The molecule has 2 rings (SSSR count). The molecule has 21 heavy (non-hydrogen) atoms. The second kappa shape index (κ2) is 7.03. The number of piperidine rings is 1. The summed E-state index contributed by atoms with van der Waals surface area (Å²) >= 11 is 0. The highest BCUT2D eigenvalue weighted by atomic mass is 19.1. The van der Waals surface area contributed by atoms with Gasteiger partial charge in [-0.2, -0.15) is 0 Å². The fraction of sp³-hybridized carbons (Fsp3) is 0.588. The zero-order chi connectivity index (χ0) is 15.3. The van der Waals surface area contributed by atoms with E-state index in [2.05, 4.69) is 12.2 Å². The molecular weight excluding hydrogens is 267 g/mol. The lowest BCUT2D eigenvalue weighted by Gasteiger charge is -2.39. The molecule has 4 heteroatoms. The largest absolute Gasteiger partial charge is 0.338 e. The van der Waals surface area contributed by atoms with Crippen LogP contribution in [0.5, 0.6) is 0 Å². The van der Waals surface area contributed by atoms with Crippen LogP contribution in [0.15, 0.2) is 24.3 Å². The molecule has 1 atom stereocenters. The number of halogens is 1. The molecule has 1 N–H and O–H groups in total. The number of carbonyl (C=O) groups excluding carboxylic acids is 1. The zero-order valence-corrected chi connectivity index (χ0v) is 13.0. The normalized spacial score (nSPS) is 22.0. The number of hydrogen-bond acceptors (Lipinski definition) is 2. The quantitative estimate of drug-likeness (QED) is 0.905. The van der Waals surface area contributed by atoms with Gasteiger partial charge in [0.05, 0.1) is 5.41 Å². The molecule has 0 aliphatic carbocycles. The van der Waals surface area contributed by atoms with Crippen LogP contribution >= 0.6 is 0 Å². The second-order valence-electron chi connectivity index (χ2n) is 5.86. The summed E-state index contributed by atoms with van der Waals surface area (Å²) in [6.07, 6.45) is 2.82. The number of amides is 1. The van der Waals surface area contributed by atoms with Crippen LogP contribution in [0.3, 0.4) is 0 Å². The predicted molar refractivity (Wildman–Crippen MR) is 82.3 cm³/mol. The summed E-state index contributed by atoms with van der Waals surface area (Å²) in [4.78, 5) is 14.8. The molecule has 116 valence electrons. The Hall–Kier alpha value is -1.42. The smallest absolute Gasteiger partial charge is 0.230 e. The Morgan fingerprint density at radius 2 is 2.24 bits per heavy atom. The Kier molecular flexibility index (Phi) is 5.34. The van der Waals surface area contributed by atoms with Crippen LogP contribution in [0.2, 0.25) is 0 Å². The van der Waals surface area contributed by atoms with Gasteiger partial charge in [-0.3, -0.25) is 4.79 Å². The molecule has 1 aromatic rings. The summed E-state index contributed by atoms with van der Waals surface area (Å²) in [5.41, 5.74) is 0.557. The van der Waals surface area contributed by atoms with Crippen molar-refractivity contribution < 1.29 is 9.18 Å². The monoisotopic (exact) mass is 292 g/mol. The minimum Gasteiger partial charge on any atom is -0.338 e. The number of benzene rings is 1. The number of rotatable bonds is 5. The molecule has 1 saturated heterocycles. The molecule has 0 aromatic heterocycles.